The number of anilines is 1. The number of hydrogen-bond donors (Lipinski definition) is 2. The molecule has 0 unspecified atom stereocenters. The van der Waals surface area contributed by atoms with E-state index in [-0.39, 0.29) is 30.5 Å². The van der Waals surface area contributed by atoms with Crippen LogP contribution in [0.4, 0.5) is 5.69 Å². The molecule has 0 saturated carbocycles. The summed E-state index contributed by atoms with van der Waals surface area (Å²) in [6.07, 6.45) is 3.42. The average Bonchev–Trinajstić information content (AvgIpc) is 3.52. The highest BCUT2D eigenvalue weighted by Gasteiger charge is 2.21. The second kappa shape index (κ2) is 9.72. The van der Waals surface area contributed by atoms with Crippen molar-refractivity contribution in [1.29, 1.82) is 0 Å². The van der Waals surface area contributed by atoms with Gasteiger partial charge in [-0.25, -0.2) is 4.68 Å². The lowest BCUT2D eigenvalue weighted by Crippen LogP contribution is -2.48. The number of amides is 2. The molecular weight excluding hydrogens is 490 g/mol. The summed E-state index contributed by atoms with van der Waals surface area (Å²) in [6, 6.07) is 13.8. The van der Waals surface area contributed by atoms with E-state index in [0.29, 0.717) is 39.4 Å². The first-order valence-electron chi connectivity index (χ1n) is 10.8. The summed E-state index contributed by atoms with van der Waals surface area (Å²) in [4.78, 5) is 39.2. The van der Waals surface area contributed by atoms with Crippen LogP contribution < -0.4 is 21.1 Å². The molecule has 1 aromatic carbocycles. The lowest BCUT2D eigenvalue weighted by Gasteiger charge is -2.30. The monoisotopic (exact) mass is 509 g/mol. The first-order valence-corrected chi connectivity index (χ1v) is 12.0. The maximum absolute atomic E-state index is 12.4. The number of benzene rings is 1. The predicted molar refractivity (Wildman–Crippen MR) is 133 cm³/mol. The molecular formula is C23H20ClN7O3S. The van der Waals surface area contributed by atoms with Crippen molar-refractivity contribution < 1.29 is 9.59 Å². The van der Waals surface area contributed by atoms with Crippen molar-refractivity contribution in [3.63, 3.8) is 0 Å². The van der Waals surface area contributed by atoms with Gasteiger partial charge in [0.05, 0.1) is 45.6 Å². The molecule has 1 aliphatic rings. The fourth-order valence-electron chi connectivity index (χ4n) is 3.79. The standard InChI is InChI=1S/C23H20ClN7O3S/c24-20-7-6-19(35-20)23(34)26-12-15-13-31(28-27-15)17-5-4-16(30-9-2-1-3-22(30)33)11-18(17)29-10-8-25-21(32)14-29/h1-7,9,11,13H,8,10,12,14H2,(H,25,32)(H,26,34). The van der Waals surface area contributed by atoms with Crippen LogP contribution in [0.15, 0.2) is 65.7 Å². The van der Waals surface area contributed by atoms with E-state index < -0.39 is 0 Å². The topological polar surface area (TPSA) is 114 Å². The zero-order chi connectivity index (χ0) is 24.4. The van der Waals surface area contributed by atoms with Gasteiger partial charge in [-0.05, 0) is 36.4 Å². The molecule has 0 bridgehead atoms. The van der Waals surface area contributed by atoms with E-state index >= 15 is 0 Å². The van der Waals surface area contributed by atoms with Crippen molar-refractivity contribution in [2.45, 2.75) is 6.54 Å². The van der Waals surface area contributed by atoms with E-state index in [1.807, 2.05) is 23.1 Å². The van der Waals surface area contributed by atoms with Crippen LogP contribution >= 0.6 is 22.9 Å². The van der Waals surface area contributed by atoms with Gasteiger partial charge >= 0.3 is 0 Å². The molecule has 10 nitrogen and oxygen atoms in total. The van der Waals surface area contributed by atoms with Crippen molar-refractivity contribution >= 4 is 40.4 Å². The second-order valence-corrected chi connectivity index (χ2v) is 9.51. The van der Waals surface area contributed by atoms with E-state index in [1.54, 1.807) is 41.3 Å². The molecule has 3 aromatic heterocycles. The van der Waals surface area contributed by atoms with Gasteiger partial charge in [0.2, 0.25) is 5.91 Å². The zero-order valence-corrected chi connectivity index (χ0v) is 19.9. The summed E-state index contributed by atoms with van der Waals surface area (Å²) in [6.45, 7) is 1.48. The highest BCUT2D eigenvalue weighted by atomic mass is 35.5. The summed E-state index contributed by atoms with van der Waals surface area (Å²) >= 11 is 7.11. The van der Waals surface area contributed by atoms with Gasteiger partial charge in [0.25, 0.3) is 11.5 Å². The molecule has 1 saturated heterocycles. The van der Waals surface area contributed by atoms with Crippen molar-refractivity contribution in [3.8, 4) is 11.4 Å². The summed E-state index contributed by atoms with van der Waals surface area (Å²) in [5.74, 6) is -0.325. The number of thiophene rings is 1. The average molecular weight is 510 g/mol. The molecule has 2 amide bonds. The van der Waals surface area contributed by atoms with Crippen LogP contribution in [0.3, 0.4) is 0 Å². The van der Waals surface area contributed by atoms with Crippen LogP contribution in [0, 0.1) is 0 Å². The van der Waals surface area contributed by atoms with E-state index in [9.17, 15) is 14.4 Å². The lowest BCUT2D eigenvalue weighted by molar-refractivity contribution is -0.120. The Kier molecular flexibility index (Phi) is 6.34. The number of halogens is 1. The van der Waals surface area contributed by atoms with E-state index in [0.717, 1.165) is 5.69 Å². The van der Waals surface area contributed by atoms with Gasteiger partial charge in [0, 0.05) is 25.4 Å². The van der Waals surface area contributed by atoms with E-state index in [1.165, 1.54) is 22.0 Å². The lowest BCUT2D eigenvalue weighted by atomic mass is 10.2. The molecule has 0 atom stereocenters. The molecule has 2 N–H and O–H groups in total. The molecule has 0 radical (unpaired) electrons. The normalized spacial score (nSPS) is 13.5. The molecule has 1 aliphatic heterocycles. The number of piperazine rings is 1. The Hall–Kier alpha value is -3.96. The largest absolute Gasteiger partial charge is 0.359 e. The Bertz CT molecular complexity index is 1460. The molecule has 4 heterocycles. The molecule has 12 heteroatoms. The third kappa shape index (κ3) is 4.96. The maximum Gasteiger partial charge on any atom is 0.261 e. The number of rotatable bonds is 6. The third-order valence-electron chi connectivity index (χ3n) is 5.45. The summed E-state index contributed by atoms with van der Waals surface area (Å²) in [7, 11) is 0. The number of nitrogens with one attached hydrogen (secondary N) is 2. The predicted octanol–water partition coefficient (Wildman–Crippen LogP) is 2.00. The minimum atomic E-state index is -0.242. The molecule has 178 valence electrons. The number of hydrogen-bond acceptors (Lipinski definition) is 7. The molecule has 4 aromatic rings. The number of nitrogens with zero attached hydrogens (tertiary/aromatic N) is 5. The molecule has 0 aliphatic carbocycles. The smallest absolute Gasteiger partial charge is 0.261 e. The molecule has 5 rings (SSSR count). The van der Waals surface area contributed by atoms with Gasteiger partial charge in [-0.3, -0.25) is 19.0 Å². The van der Waals surface area contributed by atoms with Gasteiger partial charge in [-0.1, -0.05) is 22.9 Å². The van der Waals surface area contributed by atoms with E-state index in [4.69, 9.17) is 11.6 Å². The molecule has 0 spiro atoms. The third-order valence-corrected chi connectivity index (χ3v) is 6.68. The van der Waals surface area contributed by atoms with Crippen LogP contribution in [0.25, 0.3) is 11.4 Å². The van der Waals surface area contributed by atoms with Gasteiger partial charge in [-0.15, -0.1) is 16.4 Å². The Morgan fingerprint density at radius 2 is 2.03 bits per heavy atom. The van der Waals surface area contributed by atoms with E-state index in [2.05, 4.69) is 20.9 Å². The number of carbonyl (C=O) groups excluding carboxylic acids is 2. The summed E-state index contributed by atoms with van der Waals surface area (Å²) < 4.78 is 3.68. The summed E-state index contributed by atoms with van der Waals surface area (Å²) in [5.41, 5.74) is 2.51. The minimum Gasteiger partial charge on any atom is -0.359 e. The van der Waals surface area contributed by atoms with Crippen molar-refractivity contribution in [1.82, 2.24) is 30.2 Å². The second-order valence-electron chi connectivity index (χ2n) is 7.79. The van der Waals surface area contributed by atoms with Crippen molar-refractivity contribution in [2.24, 2.45) is 0 Å². The van der Waals surface area contributed by atoms with Crippen LogP contribution in [0.2, 0.25) is 4.34 Å². The van der Waals surface area contributed by atoms with Crippen LogP contribution in [-0.4, -0.2) is 51.0 Å². The first-order chi connectivity index (χ1) is 17.0. The Labute approximate surface area is 208 Å². The van der Waals surface area contributed by atoms with Crippen LogP contribution in [0.5, 0.6) is 0 Å². The molecule has 35 heavy (non-hydrogen) atoms. The quantitative estimate of drug-likeness (QED) is 0.411. The number of pyridine rings is 1. The van der Waals surface area contributed by atoms with Gasteiger partial charge in [0.15, 0.2) is 0 Å². The number of aromatic nitrogens is 4. The van der Waals surface area contributed by atoms with Crippen LogP contribution in [-0.2, 0) is 11.3 Å². The summed E-state index contributed by atoms with van der Waals surface area (Å²) in [5, 5.41) is 14.1. The Morgan fingerprint density at radius 3 is 2.80 bits per heavy atom. The Morgan fingerprint density at radius 1 is 1.14 bits per heavy atom. The van der Waals surface area contributed by atoms with Gasteiger partial charge in [-0.2, -0.15) is 0 Å². The highest BCUT2D eigenvalue weighted by molar-refractivity contribution is 7.17. The first kappa shape index (κ1) is 22.8. The highest BCUT2D eigenvalue weighted by Crippen LogP contribution is 2.28. The zero-order valence-electron chi connectivity index (χ0n) is 18.3. The van der Waals surface area contributed by atoms with Crippen molar-refractivity contribution in [2.75, 3.05) is 24.5 Å². The Balaban J connectivity index is 1.44. The van der Waals surface area contributed by atoms with Crippen LogP contribution in [0.1, 0.15) is 15.4 Å². The van der Waals surface area contributed by atoms with Gasteiger partial charge in [0.1, 0.15) is 5.69 Å². The fraction of sp³-hybridized carbons (Fsp3) is 0.174. The fourth-order valence-corrected chi connectivity index (χ4v) is 4.74. The SMILES string of the molecule is O=C1CN(c2cc(-n3ccccc3=O)ccc2-n2cc(CNC(=O)c3ccc(Cl)s3)nn2)CCN1. The van der Waals surface area contributed by atoms with Gasteiger partial charge < -0.3 is 15.5 Å². The molecule has 1 fully saturated rings. The maximum atomic E-state index is 12.4. The minimum absolute atomic E-state index is 0.0832. The van der Waals surface area contributed by atoms with Crippen molar-refractivity contribution in [3.05, 3.63) is 86.2 Å². The number of carbonyl (C=O) groups is 2.